The molecule has 0 heterocycles. The molecule has 0 atom stereocenters. The third-order valence-electron chi connectivity index (χ3n) is 3.19. The predicted octanol–water partition coefficient (Wildman–Crippen LogP) is 4.08. The molecule has 2 aromatic carbocycles. The van der Waals surface area contributed by atoms with Crippen molar-refractivity contribution >= 4 is 17.3 Å². The highest BCUT2D eigenvalue weighted by Gasteiger charge is 2.07. The van der Waals surface area contributed by atoms with Gasteiger partial charge in [-0.1, -0.05) is 36.7 Å². The maximum atomic E-state index is 13.4. The summed E-state index contributed by atoms with van der Waals surface area (Å²) in [5, 5.41) is 0.160. The Morgan fingerprint density at radius 1 is 1.10 bits per heavy atom. The Balaban J connectivity index is 2.07. The summed E-state index contributed by atoms with van der Waals surface area (Å²) < 4.78 is 13.4. The molecule has 0 aliphatic heterocycles. The number of halogens is 2. The monoisotopic (exact) mass is 292 g/mol. The molecular weight excluding hydrogens is 275 g/mol. The van der Waals surface area contributed by atoms with Crippen molar-refractivity contribution in [3.05, 3.63) is 64.4 Å². The second-order valence-electron chi connectivity index (χ2n) is 4.80. The lowest BCUT2D eigenvalue weighted by Gasteiger charge is -2.21. The Morgan fingerprint density at radius 3 is 2.40 bits per heavy atom. The van der Waals surface area contributed by atoms with Gasteiger partial charge in [-0.25, -0.2) is 4.39 Å². The standard InChI is InChI=1S/C16H18ClFN2/c1-2-20(10-12-4-3-5-14(19)8-12)11-13-6-7-15(17)16(18)9-13/h3-9H,2,10-11,19H2,1H3. The number of nitrogens with zero attached hydrogens (tertiary/aromatic N) is 1. The second-order valence-corrected chi connectivity index (χ2v) is 5.20. The first-order valence-corrected chi connectivity index (χ1v) is 6.97. The van der Waals surface area contributed by atoms with Gasteiger partial charge >= 0.3 is 0 Å². The zero-order valence-electron chi connectivity index (χ0n) is 11.4. The molecule has 0 amide bonds. The van der Waals surface area contributed by atoms with Crippen LogP contribution in [-0.4, -0.2) is 11.4 Å². The Morgan fingerprint density at radius 2 is 1.80 bits per heavy atom. The minimum atomic E-state index is -0.371. The summed E-state index contributed by atoms with van der Waals surface area (Å²) in [5.74, 6) is -0.371. The van der Waals surface area contributed by atoms with E-state index in [0.29, 0.717) is 6.54 Å². The molecule has 0 bridgehead atoms. The van der Waals surface area contributed by atoms with Crippen LogP contribution in [0.4, 0.5) is 10.1 Å². The summed E-state index contributed by atoms with van der Waals surface area (Å²) in [6, 6.07) is 12.8. The highest BCUT2D eigenvalue weighted by Crippen LogP contribution is 2.18. The summed E-state index contributed by atoms with van der Waals surface area (Å²) in [4.78, 5) is 2.22. The van der Waals surface area contributed by atoms with Gasteiger partial charge < -0.3 is 5.73 Å². The molecule has 2 rings (SSSR count). The van der Waals surface area contributed by atoms with Crippen molar-refractivity contribution in [3.8, 4) is 0 Å². The van der Waals surface area contributed by atoms with Crippen LogP contribution in [0.3, 0.4) is 0 Å². The van der Waals surface area contributed by atoms with Crippen molar-refractivity contribution in [2.75, 3.05) is 12.3 Å². The van der Waals surface area contributed by atoms with Crippen LogP contribution in [0.1, 0.15) is 18.1 Å². The van der Waals surface area contributed by atoms with Gasteiger partial charge in [0.1, 0.15) is 5.82 Å². The molecule has 0 fully saturated rings. The lowest BCUT2D eigenvalue weighted by molar-refractivity contribution is 0.271. The molecule has 0 aliphatic rings. The summed E-state index contributed by atoms with van der Waals surface area (Å²) in [7, 11) is 0. The van der Waals surface area contributed by atoms with Crippen molar-refractivity contribution in [1.82, 2.24) is 4.90 Å². The first kappa shape index (κ1) is 14.8. The first-order valence-electron chi connectivity index (χ1n) is 6.59. The second kappa shape index (κ2) is 6.73. The molecule has 4 heteroatoms. The fourth-order valence-electron chi connectivity index (χ4n) is 2.13. The van der Waals surface area contributed by atoms with Crippen molar-refractivity contribution in [2.45, 2.75) is 20.0 Å². The van der Waals surface area contributed by atoms with E-state index in [1.165, 1.54) is 6.07 Å². The number of nitrogens with two attached hydrogens (primary N) is 1. The minimum Gasteiger partial charge on any atom is -0.399 e. The van der Waals surface area contributed by atoms with Gasteiger partial charge in [0.05, 0.1) is 5.02 Å². The average molecular weight is 293 g/mol. The summed E-state index contributed by atoms with van der Waals surface area (Å²) in [6.45, 7) is 4.42. The third-order valence-corrected chi connectivity index (χ3v) is 3.50. The number of rotatable bonds is 5. The van der Waals surface area contributed by atoms with E-state index in [9.17, 15) is 4.39 Å². The maximum Gasteiger partial charge on any atom is 0.142 e. The van der Waals surface area contributed by atoms with Gasteiger partial charge in [0.15, 0.2) is 0 Å². The normalized spacial score (nSPS) is 11.0. The van der Waals surface area contributed by atoms with Crippen LogP contribution in [0.25, 0.3) is 0 Å². The molecule has 0 aliphatic carbocycles. The van der Waals surface area contributed by atoms with Crippen LogP contribution in [-0.2, 0) is 13.1 Å². The van der Waals surface area contributed by atoms with Crippen molar-refractivity contribution < 1.29 is 4.39 Å². The van der Waals surface area contributed by atoms with Crippen LogP contribution in [0.5, 0.6) is 0 Å². The van der Waals surface area contributed by atoms with Crippen LogP contribution < -0.4 is 5.73 Å². The zero-order chi connectivity index (χ0) is 14.5. The molecule has 2 nitrogen and oxygen atoms in total. The van der Waals surface area contributed by atoms with E-state index in [1.807, 2.05) is 30.3 Å². The summed E-state index contributed by atoms with van der Waals surface area (Å²) in [6.07, 6.45) is 0. The smallest absolute Gasteiger partial charge is 0.142 e. The number of benzene rings is 2. The van der Waals surface area contributed by atoms with E-state index in [0.717, 1.165) is 29.9 Å². The van der Waals surface area contributed by atoms with Crippen LogP contribution in [0.15, 0.2) is 42.5 Å². The molecule has 0 saturated heterocycles. The Hall–Kier alpha value is -1.58. The topological polar surface area (TPSA) is 29.3 Å². The van der Waals surface area contributed by atoms with Gasteiger partial charge in [-0.3, -0.25) is 4.90 Å². The lowest BCUT2D eigenvalue weighted by atomic mass is 10.1. The van der Waals surface area contributed by atoms with Crippen molar-refractivity contribution in [1.29, 1.82) is 0 Å². The lowest BCUT2D eigenvalue weighted by Crippen LogP contribution is -2.22. The molecule has 0 aromatic heterocycles. The quantitative estimate of drug-likeness (QED) is 0.841. The molecular formula is C16H18ClFN2. The Labute approximate surface area is 124 Å². The van der Waals surface area contributed by atoms with Crippen molar-refractivity contribution in [2.24, 2.45) is 0 Å². The number of hydrogen-bond acceptors (Lipinski definition) is 2. The SMILES string of the molecule is CCN(Cc1cccc(N)c1)Cc1ccc(Cl)c(F)c1. The first-order chi connectivity index (χ1) is 9.58. The summed E-state index contributed by atoms with van der Waals surface area (Å²) in [5.41, 5.74) is 8.61. The van der Waals surface area contributed by atoms with Crippen LogP contribution in [0.2, 0.25) is 5.02 Å². The molecule has 106 valence electrons. The zero-order valence-corrected chi connectivity index (χ0v) is 12.2. The molecule has 20 heavy (non-hydrogen) atoms. The number of nitrogen functional groups attached to an aromatic ring is 1. The number of hydrogen-bond donors (Lipinski definition) is 1. The van der Waals surface area contributed by atoms with Gasteiger partial charge in [0, 0.05) is 18.8 Å². The fourth-order valence-corrected chi connectivity index (χ4v) is 2.24. The third kappa shape index (κ3) is 3.95. The van der Waals surface area contributed by atoms with E-state index in [-0.39, 0.29) is 10.8 Å². The highest BCUT2D eigenvalue weighted by atomic mass is 35.5. The summed E-state index contributed by atoms with van der Waals surface area (Å²) >= 11 is 5.70. The Bertz CT molecular complexity index is 586. The molecule has 2 N–H and O–H groups in total. The fraction of sp³-hybridized carbons (Fsp3) is 0.250. The van der Waals surface area contributed by atoms with Gasteiger partial charge in [0.25, 0.3) is 0 Å². The molecule has 2 aromatic rings. The van der Waals surface area contributed by atoms with Crippen LogP contribution in [0, 0.1) is 5.82 Å². The minimum absolute atomic E-state index is 0.160. The number of anilines is 1. The highest BCUT2D eigenvalue weighted by molar-refractivity contribution is 6.30. The van der Waals surface area contributed by atoms with E-state index >= 15 is 0 Å². The molecule has 0 unspecified atom stereocenters. The van der Waals surface area contributed by atoms with Gasteiger partial charge in [0.2, 0.25) is 0 Å². The van der Waals surface area contributed by atoms with Crippen molar-refractivity contribution in [3.63, 3.8) is 0 Å². The molecule has 0 radical (unpaired) electrons. The maximum absolute atomic E-state index is 13.4. The van der Waals surface area contributed by atoms with E-state index in [4.69, 9.17) is 17.3 Å². The van der Waals surface area contributed by atoms with Crippen LogP contribution >= 0.6 is 11.6 Å². The van der Waals surface area contributed by atoms with Gasteiger partial charge in [-0.15, -0.1) is 0 Å². The average Bonchev–Trinajstić information content (AvgIpc) is 2.42. The predicted molar refractivity (Wildman–Crippen MR) is 82.1 cm³/mol. The molecule has 0 spiro atoms. The van der Waals surface area contributed by atoms with E-state index in [1.54, 1.807) is 6.07 Å². The van der Waals surface area contributed by atoms with E-state index in [2.05, 4.69) is 11.8 Å². The molecule has 0 saturated carbocycles. The van der Waals surface area contributed by atoms with Gasteiger partial charge in [-0.2, -0.15) is 0 Å². The van der Waals surface area contributed by atoms with E-state index < -0.39 is 0 Å². The van der Waals surface area contributed by atoms with Gasteiger partial charge in [-0.05, 0) is 41.9 Å². The Kier molecular flexibility index (Phi) is 4.99. The largest absolute Gasteiger partial charge is 0.399 e.